The number of hydrogen-bond acceptors (Lipinski definition) is 3. The van der Waals surface area contributed by atoms with E-state index in [4.69, 9.17) is 0 Å². The number of para-hydroxylation sites is 2. The van der Waals surface area contributed by atoms with Crippen molar-refractivity contribution >= 4 is 34.4 Å². The maximum Gasteiger partial charge on any atom is 0.329 e. The van der Waals surface area contributed by atoms with Crippen LogP contribution in [-0.2, 0) is 23.1 Å². The number of carbonyl (C=O) groups is 3. The minimum atomic E-state index is -0.847. The number of nitrogens with zero attached hydrogens (tertiary/aromatic N) is 2. The number of carbonyl (C=O) groups excluding carboxylic acids is 3. The normalized spacial score (nSPS) is 16.3. The third kappa shape index (κ3) is 3.71. The largest absolute Gasteiger partial charge is 0.356 e. The van der Waals surface area contributed by atoms with Gasteiger partial charge in [-0.05, 0) is 30.2 Å². The van der Waals surface area contributed by atoms with Crippen LogP contribution in [0.25, 0.3) is 10.9 Å². The molecule has 0 saturated carbocycles. The number of urea groups is 1. The Hall–Kier alpha value is -3.61. The first-order valence-electron chi connectivity index (χ1n) is 9.54. The molecular weight excluding hydrogens is 368 g/mol. The fraction of sp³-hybridized carbons (Fsp3) is 0.227. The van der Waals surface area contributed by atoms with Crippen molar-refractivity contribution in [2.45, 2.75) is 18.9 Å². The lowest BCUT2D eigenvalue weighted by molar-refractivity contribution is -0.125. The molecule has 1 saturated heterocycles. The van der Waals surface area contributed by atoms with Gasteiger partial charge in [-0.3, -0.25) is 9.59 Å². The smallest absolute Gasteiger partial charge is 0.329 e. The molecule has 1 unspecified atom stereocenters. The highest BCUT2D eigenvalue weighted by molar-refractivity contribution is 6.22. The average Bonchev–Trinajstić information content (AvgIpc) is 3.19. The monoisotopic (exact) mass is 390 g/mol. The maximum atomic E-state index is 12.6. The third-order valence-electron chi connectivity index (χ3n) is 5.12. The molecular formula is C22H22N4O3. The Kier molecular flexibility index (Phi) is 5.03. The summed E-state index contributed by atoms with van der Waals surface area (Å²) in [4.78, 5) is 38.1. The minimum absolute atomic E-state index is 0.0799. The second-order valence-corrected chi connectivity index (χ2v) is 7.10. The predicted molar refractivity (Wildman–Crippen MR) is 110 cm³/mol. The van der Waals surface area contributed by atoms with Crippen LogP contribution >= 0.6 is 0 Å². The van der Waals surface area contributed by atoms with Crippen molar-refractivity contribution in [3.63, 3.8) is 0 Å². The van der Waals surface area contributed by atoms with Gasteiger partial charge in [0.25, 0.3) is 5.91 Å². The number of amides is 4. The third-order valence-corrected chi connectivity index (χ3v) is 5.12. The van der Waals surface area contributed by atoms with Gasteiger partial charge in [-0.25, -0.2) is 9.69 Å². The molecule has 0 aliphatic carbocycles. The first kappa shape index (κ1) is 18.7. The number of hydrogen-bond donors (Lipinski definition) is 2. The number of benzene rings is 2. The summed E-state index contributed by atoms with van der Waals surface area (Å²) in [6.45, 7) is 0.462. The van der Waals surface area contributed by atoms with Crippen LogP contribution in [-0.4, -0.2) is 35.0 Å². The molecule has 3 aromatic rings. The van der Waals surface area contributed by atoms with Gasteiger partial charge < -0.3 is 15.2 Å². The zero-order chi connectivity index (χ0) is 20.4. The summed E-state index contributed by atoms with van der Waals surface area (Å²) in [7, 11) is 2.00. The molecule has 1 fully saturated rings. The molecule has 2 N–H and O–H groups in total. The molecule has 1 aromatic heterocycles. The van der Waals surface area contributed by atoms with Crippen LogP contribution in [0.1, 0.15) is 12.0 Å². The summed E-state index contributed by atoms with van der Waals surface area (Å²) >= 11 is 0. The Labute approximate surface area is 168 Å². The molecule has 2 aromatic carbocycles. The van der Waals surface area contributed by atoms with Crippen molar-refractivity contribution in [3.05, 3.63) is 66.4 Å². The fourth-order valence-corrected chi connectivity index (χ4v) is 3.71. The molecule has 4 rings (SSSR count). The topological polar surface area (TPSA) is 83.4 Å². The number of aryl methyl sites for hydroxylation is 1. The number of anilines is 1. The molecule has 0 spiro atoms. The fourth-order valence-electron chi connectivity index (χ4n) is 3.71. The summed E-state index contributed by atoms with van der Waals surface area (Å²) in [5, 5.41) is 6.61. The molecule has 4 amide bonds. The van der Waals surface area contributed by atoms with Crippen molar-refractivity contribution in [3.8, 4) is 0 Å². The highest BCUT2D eigenvalue weighted by Crippen LogP contribution is 2.21. The van der Waals surface area contributed by atoms with E-state index < -0.39 is 18.0 Å². The quantitative estimate of drug-likeness (QED) is 0.634. The number of aromatic nitrogens is 1. The van der Waals surface area contributed by atoms with Gasteiger partial charge in [-0.1, -0.05) is 36.4 Å². The van der Waals surface area contributed by atoms with E-state index in [0.29, 0.717) is 18.7 Å². The Morgan fingerprint density at radius 2 is 1.79 bits per heavy atom. The lowest BCUT2D eigenvalue weighted by Gasteiger charge is -2.12. The number of nitrogens with one attached hydrogen (secondary N) is 2. The Bertz CT molecular complexity index is 1070. The molecule has 148 valence electrons. The van der Waals surface area contributed by atoms with Crippen molar-refractivity contribution in [1.29, 1.82) is 0 Å². The van der Waals surface area contributed by atoms with Gasteiger partial charge >= 0.3 is 6.03 Å². The van der Waals surface area contributed by atoms with E-state index in [1.54, 1.807) is 24.3 Å². The van der Waals surface area contributed by atoms with Gasteiger partial charge in [0.1, 0.15) is 6.04 Å². The van der Waals surface area contributed by atoms with Gasteiger partial charge in [-0.2, -0.15) is 0 Å². The maximum absolute atomic E-state index is 12.6. The second-order valence-electron chi connectivity index (χ2n) is 7.10. The van der Waals surface area contributed by atoms with Crippen molar-refractivity contribution in [1.82, 2.24) is 15.2 Å². The predicted octanol–water partition coefficient (Wildman–Crippen LogP) is 2.35. The first-order chi connectivity index (χ1) is 14.0. The van der Waals surface area contributed by atoms with Crippen LogP contribution in [0.4, 0.5) is 10.5 Å². The Morgan fingerprint density at radius 1 is 1.07 bits per heavy atom. The highest BCUT2D eigenvalue weighted by atomic mass is 16.2. The van der Waals surface area contributed by atoms with E-state index in [1.165, 1.54) is 5.39 Å². The molecule has 1 aliphatic heterocycles. The molecule has 1 atom stereocenters. The number of imide groups is 1. The lowest BCUT2D eigenvalue weighted by Crippen LogP contribution is -2.37. The number of fused-ring (bicyclic) bond motifs is 1. The summed E-state index contributed by atoms with van der Waals surface area (Å²) < 4.78 is 2.07. The molecule has 0 radical (unpaired) electrons. The van der Waals surface area contributed by atoms with Crippen LogP contribution in [0.3, 0.4) is 0 Å². The van der Waals surface area contributed by atoms with Crippen molar-refractivity contribution in [2.75, 3.05) is 11.4 Å². The summed E-state index contributed by atoms with van der Waals surface area (Å²) in [5.74, 6) is -0.677. The number of rotatable bonds is 6. The van der Waals surface area contributed by atoms with Crippen LogP contribution in [0.15, 0.2) is 60.8 Å². The Balaban J connectivity index is 1.33. The van der Waals surface area contributed by atoms with Gasteiger partial charge in [0.15, 0.2) is 0 Å². The van der Waals surface area contributed by atoms with Gasteiger partial charge in [0.05, 0.1) is 12.1 Å². The Morgan fingerprint density at radius 3 is 2.59 bits per heavy atom. The van der Waals surface area contributed by atoms with Crippen molar-refractivity contribution in [2.24, 2.45) is 7.05 Å². The van der Waals surface area contributed by atoms with E-state index in [-0.39, 0.29) is 12.3 Å². The summed E-state index contributed by atoms with van der Waals surface area (Å²) in [6.07, 6.45) is 2.67. The van der Waals surface area contributed by atoms with E-state index in [2.05, 4.69) is 33.5 Å². The molecule has 7 heteroatoms. The van der Waals surface area contributed by atoms with E-state index in [9.17, 15) is 14.4 Å². The van der Waals surface area contributed by atoms with Gasteiger partial charge in [0, 0.05) is 30.7 Å². The van der Waals surface area contributed by atoms with E-state index in [1.807, 2.05) is 25.2 Å². The molecule has 29 heavy (non-hydrogen) atoms. The molecule has 0 bridgehead atoms. The molecule has 7 nitrogen and oxygen atoms in total. The SMILES string of the molecule is Cn1cc(CCNC(=O)CC2NC(=O)N(c3ccccc3)C2=O)c2ccccc21. The van der Waals surface area contributed by atoms with E-state index in [0.717, 1.165) is 16.0 Å². The molecule has 2 heterocycles. The standard InChI is InChI=1S/C22H22N4O3/c1-25-14-15(17-9-5-6-10-19(17)25)11-12-23-20(27)13-18-21(28)26(22(29)24-18)16-7-3-2-4-8-16/h2-10,14,18H,11-13H2,1H3,(H,23,27)(H,24,29). The summed E-state index contributed by atoms with van der Waals surface area (Å²) in [6, 6.07) is 15.5. The molecule has 1 aliphatic rings. The zero-order valence-electron chi connectivity index (χ0n) is 16.1. The van der Waals surface area contributed by atoms with Crippen LogP contribution < -0.4 is 15.5 Å². The minimum Gasteiger partial charge on any atom is -0.356 e. The van der Waals surface area contributed by atoms with Crippen molar-refractivity contribution < 1.29 is 14.4 Å². The van der Waals surface area contributed by atoms with Crippen LogP contribution in [0.5, 0.6) is 0 Å². The lowest BCUT2D eigenvalue weighted by atomic mass is 10.1. The van der Waals surface area contributed by atoms with E-state index >= 15 is 0 Å². The average molecular weight is 390 g/mol. The van der Waals surface area contributed by atoms with Gasteiger partial charge in [0.2, 0.25) is 5.91 Å². The van der Waals surface area contributed by atoms with Crippen LogP contribution in [0.2, 0.25) is 0 Å². The zero-order valence-corrected chi connectivity index (χ0v) is 16.1. The van der Waals surface area contributed by atoms with Gasteiger partial charge in [-0.15, -0.1) is 0 Å². The summed E-state index contributed by atoms with van der Waals surface area (Å²) in [5.41, 5.74) is 2.80. The highest BCUT2D eigenvalue weighted by Gasteiger charge is 2.39. The van der Waals surface area contributed by atoms with Crippen LogP contribution in [0, 0.1) is 0 Å². The second kappa shape index (κ2) is 7.79. The first-order valence-corrected chi connectivity index (χ1v) is 9.54.